The minimum atomic E-state index is -0.154. The number of carbonyl (C=O) groups excluding carboxylic acids is 1. The topological polar surface area (TPSA) is 88.5 Å². The third kappa shape index (κ3) is 3.29. The van der Waals surface area contributed by atoms with Gasteiger partial charge in [0.1, 0.15) is 12.4 Å². The molecule has 1 amide bonds. The molecule has 2 N–H and O–H groups in total. The van der Waals surface area contributed by atoms with Gasteiger partial charge in [0.25, 0.3) is 0 Å². The summed E-state index contributed by atoms with van der Waals surface area (Å²) in [6, 6.07) is 7.25. The highest BCUT2D eigenvalue weighted by molar-refractivity contribution is 6.33. The second-order valence-corrected chi connectivity index (χ2v) is 6.35. The van der Waals surface area contributed by atoms with Crippen molar-refractivity contribution in [3.8, 4) is 11.4 Å². The van der Waals surface area contributed by atoms with Gasteiger partial charge < -0.3 is 14.9 Å². The number of aromatic nitrogens is 5. The molecule has 7 nitrogen and oxygen atoms in total. The van der Waals surface area contributed by atoms with Gasteiger partial charge in [0.15, 0.2) is 5.65 Å². The molecule has 0 unspecified atom stereocenters. The number of amides is 1. The highest BCUT2D eigenvalue weighted by atomic mass is 35.5. The van der Waals surface area contributed by atoms with Crippen molar-refractivity contribution in [3.05, 3.63) is 59.8 Å². The summed E-state index contributed by atoms with van der Waals surface area (Å²) in [5.41, 5.74) is 3.84. The van der Waals surface area contributed by atoms with E-state index in [1.807, 2.05) is 13.0 Å². The summed E-state index contributed by atoms with van der Waals surface area (Å²) in [5, 5.41) is 3.39. The van der Waals surface area contributed by atoms with Crippen LogP contribution in [0.15, 0.2) is 49.2 Å². The van der Waals surface area contributed by atoms with Crippen LogP contribution < -0.4 is 5.32 Å². The molecule has 1 aromatic carbocycles. The van der Waals surface area contributed by atoms with E-state index in [1.54, 1.807) is 47.7 Å². The van der Waals surface area contributed by atoms with Crippen LogP contribution in [0.25, 0.3) is 22.6 Å². The van der Waals surface area contributed by atoms with Gasteiger partial charge in [0, 0.05) is 29.8 Å². The van der Waals surface area contributed by atoms with Crippen molar-refractivity contribution < 1.29 is 4.79 Å². The lowest BCUT2D eigenvalue weighted by Gasteiger charge is -2.08. The summed E-state index contributed by atoms with van der Waals surface area (Å²) in [6.07, 6.45) is 6.72. The molecule has 0 bridgehead atoms. The van der Waals surface area contributed by atoms with Gasteiger partial charge in [-0.1, -0.05) is 11.6 Å². The fourth-order valence-corrected chi connectivity index (χ4v) is 2.87. The van der Waals surface area contributed by atoms with Gasteiger partial charge in [0.2, 0.25) is 5.91 Å². The second kappa shape index (κ2) is 6.61. The van der Waals surface area contributed by atoms with Crippen molar-refractivity contribution in [2.24, 2.45) is 0 Å². The maximum absolute atomic E-state index is 12.2. The number of hydrogen-bond acceptors (Lipinski definition) is 4. The van der Waals surface area contributed by atoms with E-state index in [0.29, 0.717) is 27.7 Å². The number of hydrogen-bond donors (Lipinski definition) is 2. The lowest BCUT2D eigenvalue weighted by Crippen LogP contribution is -2.17. The molecule has 0 saturated heterocycles. The van der Waals surface area contributed by atoms with E-state index < -0.39 is 0 Å². The summed E-state index contributed by atoms with van der Waals surface area (Å²) >= 11 is 6.34. The van der Waals surface area contributed by atoms with Crippen LogP contribution in [-0.2, 0) is 11.3 Å². The molecule has 0 aliphatic heterocycles. The second-order valence-electron chi connectivity index (χ2n) is 5.95. The van der Waals surface area contributed by atoms with Crippen LogP contribution in [0.2, 0.25) is 5.02 Å². The van der Waals surface area contributed by atoms with Gasteiger partial charge in [-0.15, -0.1) is 0 Å². The van der Waals surface area contributed by atoms with Crippen LogP contribution in [0.3, 0.4) is 0 Å². The van der Waals surface area contributed by atoms with Crippen molar-refractivity contribution in [1.29, 1.82) is 0 Å². The van der Waals surface area contributed by atoms with Crippen LogP contribution in [0.5, 0.6) is 0 Å². The van der Waals surface area contributed by atoms with Gasteiger partial charge in [-0.25, -0.2) is 15.0 Å². The number of imidazole rings is 2. The molecule has 0 radical (unpaired) electrons. The Balaban J connectivity index is 1.62. The van der Waals surface area contributed by atoms with Gasteiger partial charge in [-0.2, -0.15) is 0 Å². The van der Waals surface area contributed by atoms with Gasteiger partial charge in [-0.3, -0.25) is 4.79 Å². The number of pyridine rings is 1. The van der Waals surface area contributed by atoms with Crippen molar-refractivity contribution in [2.45, 2.75) is 13.5 Å². The molecular formula is C18H15ClN6O. The highest BCUT2D eigenvalue weighted by Gasteiger charge is 2.12. The van der Waals surface area contributed by atoms with Crippen molar-refractivity contribution in [3.63, 3.8) is 0 Å². The van der Waals surface area contributed by atoms with Crippen LogP contribution in [-0.4, -0.2) is 30.4 Å². The third-order valence-corrected chi connectivity index (χ3v) is 4.19. The molecule has 4 rings (SSSR count). The third-order valence-electron chi connectivity index (χ3n) is 3.86. The number of nitrogens with one attached hydrogen (secondary N) is 2. The quantitative estimate of drug-likeness (QED) is 0.579. The van der Waals surface area contributed by atoms with E-state index in [0.717, 1.165) is 11.1 Å². The summed E-state index contributed by atoms with van der Waals surface area (Å²) in [7, 11) is 0. The standard InChI is InChI=1S/C18H15ClN6O/c1-11-6-15-18(21-8-11)24-17(23-15)13-7-12(2-3-14(13)19)22-16(26)9-25-5-4-20-10-25/h2-8,10H,9H2,1H3,(H,22,26)(H,21,23,24). The van der Waals surface area contributed by atoms with E-state index in [1.165, 1.54) is 0 Å². The maximum Gasteiger partial charge on any atom is 0.244 e. The monoisotopic (exact) mass is 366 g/mol. The zero-order chi connectivity index (χ0) is 18.1. The van der Waals surface area contributed by atoms with E-state index >= 15 is 0 Å². The average Bonchev–Trinajstić information content (AvgIpc) is 3.25. The summed E-state index contributed by atoms with van der Waals surface area (Å²) < 4.78 is 1.69. The molecule has 0 fully saturated rings. The molecule has 130 valence electrons. The Labute approximate surface area is 154 Å². The van der Waals surface area contributed by atoms with Crippen molar-refractivity contribution in [1.82, 2.24) is 24.5 Å². The number of benzene rings is 1. The largest absolute Gasteiger partial charge is 0.337 e. The molecule has 0 spiro atoms. The highest BCUT2D eigenvalue weighted by Crippen LogP contribution is 2.30. The lowest BCUT2D eigenvalue weighted by molar-refractivity contribution is -0.116. The van der Waals surface area contributed by atoms with Crippen LogP contribution in [0, 0.1) is 6.92 Å². The molecule has 0 aliphatic rings. The molecule has 3 heterocycles. The zero-order valence-electron chi connectivity index (χ0n) is 13.9. The molecule has 4 aromatic rings. The summed E-state index contributed by atoms with van der Waals surface area (Å²) in [5.74, 6) is 0.451. The first-order valence-electron chi connectivity index (χ1n) is 7.96. The SMILES string of the molecule is Cc1cnc2nc(-c3cc(NC(=O)Cn4ccnc4)ccc3Cl)[nH]c2c1. The van der Waals surface area contributed by atoms with Crippen LogP contribution >= 0.6 is 11.6 Å². The Kier molecular flexibility index (Phi) is 4.14. The first kappa shape index (κ1) is 16.3. The molecule has 0 saturated carbocycles. The van der Waals surface area contributed by atoms with Gasteiger partial charge in [-0.05, 0) is 36.8 Å². The average molecular weight is 367 g/mol. The van der Waals surface area contributed by atoms with Crippen molar-refractivity contribution >= 4 is 34.4 Å². The number of carbonyl (C=O) groups is 1. The van der Waals surface area contributed by atoms with E-state index in [-0.39, 0.29) is 12.5 Å². The fraction of sp³-hybridized carbons (Fsp3) is 0.111. The lowest BCUT2D eigenvalue weighted by atomic mass is 10.2. The van der Waals surface area contributed by atoms with E-state index in [9.17, 15) is 4.79 Å². The van der Waals surface area contributed by atoms with Gasteiger partial charge >= 0.3 is 0 Å². The predicted octanol–water partition coefficient (Wildman–Crippen LogP) is 3.42. The first-order valence-corrected chi connectivity index (χ1v) is 8.34. The van der Waals surface area contributed by atoms with Crippen LogP contribution in [0.1, 0.15) is 5.56 Å². The molecule has 26 heavy (non-hydrogen) atoms. The van der Waals surface area contributed by atoms with Crippen LogP contribution in [0.4, 0.5) is 5.69 Å². The number of nitrogens with zero attached hydrogens (tertiary/aromatic N) is 4. The van der Waals surface area contributed by atoms with Gasteiger partial charge in [0.05, 0.1) is 16.9 Å². The normalized spacial score (nSPS) is 11.0. The predicted molar refractivity (Wildman–Crippen MR) is 99.9 cm³/mol. The molecule has 0 atom stereocenters. The Morgan fingerprint density at radius 1 is 1.35 bits per heavy atom. The smallest absolute Gasteiger partial charge is 0.244 e. The number of aryl methyl sites for hydroxylation is 1. The van der Waals surface area contributed by atoms with E-state index in [4.69, 9.17) is 11.6 Å². The Hall–Kier alpha value is -3.19. The number of aromatic amines is 1. The first-order chi connectivity index (χ1) is 12.6. The number of anilines is 1. The maximum atomic E-state index is 12.2. The summed E-state index contributed by atoms with van der Waals surface area (Å²) in [4.78, 5) is 28.1. The number of fused-ring (bicyclic) bond motifs is 1. The number of rotatable bonds is 4. The summed E-state index contributed by atoms with van der Waals surface area (Å²) in [6.45, 7) is 2.15. The minimum Gasteiger partial charge on any atom is -0.337 e. The molecule has 8 heteroatoms. The number of halogens is 1. The molecular weight excluding hydrogens is 352 g/mol. The molecule has 3 aromatic heterocycles. The Morgan fingerprint density at radius 3 is 3.04 bits per heavy atom. The minimum absolute atomic E-state index is 0.154. The Bertz CT molecular complexity index is 1090. The Morgan fingerprint density at radius 2 is 2.23 bits per heavy atom. The van der Waals surface area contributed by atoms with E-state index in [2.05, 4.69) is 25.3 Å². The fourth-order valence-electron chi connectivity index (χ4n) is 2.66. The number of H-pyrrole nitrogens is 1. The zero-order valence-corrected chi connectivity index (χ0v) is 14.7. The van der Waals surface area contributed by atoms with Crippen molar-refractivity contribution in [2.75, 3.05) is 5.32 Å². The molecule has 0 aliphatic carbocycles.